The van der Waals surface area contributed by atoms with E-state index in [1.165, 1.54) is 19.3 Å². The number of ketones is 1. The first-order valence-electron chi connectivity index (χ1n) is 11.0. The minimum atomic E-state index is -0.760. The Bertz CT molecular complexity index is 1020. The van der Waals surface area contributed by atoms with Crippen molar-refractivity contribution in [2.24, 2.45) is 5.41 Å². The predicted octanol–water partition coefficient (Wildman–Crippen LogP) is 5.77. The molecule has 0 aliphatic carbocycles. The number of fused-ring (bicyclic) bond motifs is 1. The van der Waals surface area contributed by atoms with Gasteiger partial charge in [0.2, 0.25) is 5.91 Å². The van der Waals surface area contributed by atoms with Gasteiger partial charge in [-0.25, -0.2) is 13.8 Å². The summed E-state index contributed by atoms with van der Waals surface area (Å²) in [5.41, 5.74) is 0.446. The number of pyridine rings is 1. The maximum absolute atomic E-state index is 14.0. The van der Waals surface area contributed by atoms with Gasteiger partial charge in [-0.3, -0.25) is 9.69 Å². The van der Waals surface area contributed by atoms with Crippen molar-refractivity contribution >= 4 is 40.0 Å². The number of hydrogen-bond acceptors (Lipinski definition) is 4. The average molecular weight is 467 g/mol. The van der Waals surface area contributed by atoms with Crippen LogP contribution in [0.25, 0.3) is 10.9 Å². The highest BCUT2D eigenvalue weighted by molar-refractivity contribution is 6.36. The lowest BCUT2D eigenvalue weighted by atomic mass is 9.85. The van der Waals surface area contributed by atoms with E-state index < -0.39 is 11.6 Å². The lowest BCUT2D eigenvalue weighted by Crippen LogP contribution is -2.44. The van der Waals surface area contributed by atoms with Crippen molar-refractivity contribution < 1.29 is 23.1 Å². The van der Waals surface area contributed by atoms with E-state index in [9.17, 15) is 18.4 Å². The van der Waals surface area contributed by atoms with Gasteiger partial charge in [0.05, 0.1) is 29.1 Å². The summed E-state index contributed by atoms with van der Waals surface area (Å²) >= 11 is 6.27. The summed E-state index contributed by atoms with van der Waals surface area (Å²) in [4.78, 5) is 28.6. The highest BCUT2D eigenvalue weighted by Crippen LogP contribution is 2.42. The van der Waals surface area contributed by atoms with Crippen molar-refractivity contribution in [3.05, 3.63) is 34.4 Å². The molecule has 1 amide bonds. The van der Waals surface area contributed by atoms with Crippen molar-refractivity contribution in [2.75, 3.05) is 24.7 Å². The lowest BCUT2D eigenvalue weighted by Gasteiger charge is -2.36. The van der Waals surface area contributed by atoms with Crippen LogP contribution < -0.4 is 4.90 Å². The van der Waals surface area contributed by atoms with Crippen LogP contribution in [0.3, 0.4) is 0 Å². The summed E-state index contributed by atoms with van der Waals surface area (Å²) < 4.78 is 32.7. The highest BCUT2D eigenvalue weighted by atomic mass is 35.5. The average Bonchev–Trinajstić information content (AvgIpc) is 3.06. The molecule has 5 nitrogen and oxygen atoms in total. The summed E-state index contributed by atoms with van der Waals surface area (Å²) in [5, 5.41) is 0.226. The lowest BCUT2D eigenvalue weighted by molar-refractivity contribution is -0.126. The molecule has 8 heteroatoms. The highest BCUT2D eigenvalue weighted by Gasteiger charge is 2.49. The van der Waals surface area contributed by atoms with Crippen LogP contribution in [0.2, 0.25) is 5.02 Å². The fourth-order valence-electron chi connectivity index (χ4n) is 4.09. The third kappa shape index (κ3) is 5.26. The molecule has 0 unspecified atom stereocenters. The minimum Gasteiger partial charge on any atom is -0.380 e. The maximum Gasteiger partial charge on any atom is 0.228 e. The van der Waals surface area contributed by atoms with E-state index in [1.807, 2.05) is 0 Å². The van der Waals surface area contributed by atoms with Crippen LogP contribution in [-0.4, -0.2) is 36.4 Å². The summed E-state index contributed by atoms with van der Waals surface area (Å²) in [6, 6.07) is 1.90. The number of ether oxygens (including phenoxy) is 1. The first kappa shape index (κ1) is 24.5. The number of Topliss-reactive ketones (excluding diaryl/α,β-unsaturated/α-hetero) is 1. The number of benzene rings is 1. The SMILES string of the molecule is CCCCCCC(C)=O.Cc1c(N2CC3(COC3)CC2=O)nc2cc(F)cc(F)c2c1Cl. The molecule has 2 aliphatic rings. The molecular formula is C24H29ClF2N2O3. The fourth-order valence-corrected chi connectivity index (χ4v) is 4.36. The fraction of sp³-hybridized carbons (Fsp3) is 0.542. The molecular weight excluding hydrogens is 438 g/mol. The first-order valence-corrected chi connectivity index (χ1v) is 11.4. The zero-order chi connectivity index (χ0) is 23.5. The maximum atomic E-state index is 14.0. The first-order chi connectivity index (χ1) is 15.2. The Morgan fingerprint density at radius 2 is 1.97 bits per heavy atom. The Balaban J connectivity index is 0.000000275. The molecule has 0 N–H and O–H groups in total. The van der Waals surface area contributed by atoms with Gasteiger partial charge in [-0.05, 0) is 20.3 Å². The molecule has 4 rings (SSSR count). The van der Waals surface area contributed by atoms with Gasteiger partial charge in [0.25, 0.3) is 0 Å². The number of rotatable bonds is 6. The predicted molar refractivity (Wildman–Crippen MR) is 121 cm³/mol. The molecule has 2 aliphatic heterocycles. The number of nitrogens with zero attached hydrogens (tertiary/aromatic N) is 2. The van der Waals surface area contributed by atoms with Gasteiger partial charge < -0.3 is 9.53 Å². The van der Waals surface area contributed by atoms with Gasteiger partial charge in [0, 0.05) is 42.5 Å². The number of unbranched alkanes of at least 4 members (excludes halogenated alkanes) is 3. The van der Waals surface area contributed by atoms with Crippen molar-refractivity contribution in [2.45, 2.75) is 59.3 Å². The Kier molecular flexibility index (Phi) is 7.83. The smallest absolute Gasteiger partial charge is 0.228 e. The standard InChI is InChI=1S/C16H13ClF2N2O2.C8H16O/c1-8-14(17)13-10(19)2-9(18)3-11(13)20-15(8)21-5-16(4-12(21)22)6-23-7-16;1-3-4-5-6-7-8(2)9/h2-3H,4-7H2,1H3;3-7H2,1-2H3. The third-order valence-corrected chi connectivity index (χ3v) is 6.39. The molecule has 3 heterocycles. The summed E-state index contributed by atoms with van der Waals surface area (Å²) in [6.45, 7) is 7.08. The van der Waals surface area contributed by atoms with E-state index in [-0.39, 0.29) is 27.2 Å². The molecule has 0 bridgehead atoms. The van der Waals surface area contributed by atoms with E-state index in [0.717, 1.165) is 25.0 Å². The summed E-state index contributed by atoms with van der Waals surface area (Å²) in [6.07, 6.45) is 5.99. The largest absolute Gasteiger partial charge is 0.380 e. The number of carbonyl (C=O) groups is 2. The molecule has 2 aromatic rings. The van der Waals surface area contributed by atoms with E-state index in [1.54, 1.807) is 18.7 Å². The van der Waals surface area contributed by atoms with E-state index in [2.05, 4.69) is 11.9 Å². The van der Waals surface area contributed by atoms with Crippen LogP contribution in [0, 0.1) is 24.0 Å². The summed E-state index contributed by atoms with van der Waals surface area (Å²) in [5.74, 6) is -0.877. The Morgan fingerprint density at radius 3 is 2.53 bits per heavy atom. The quantitative estimate of drug-likeness (QED) is 0.507. The van der Waals surface area contributed by atoms with Crippen LogP contribution in [0.1, 0.15) is 57.9 Å². The van der Waals surface area contributed by atoms with Crippen LogP contribution in [0.4, 0.5) is 14.6 Å². The topological polar surface area (TPSA) is 59.5 Å². The Morgan fingerprint density at radius 1 is 1.25 bits per heavy atom. The molecule has 174 valence electrons. The number of carbonyl (C=O) groups excluding carboxylic acids is 2. The number of halogens is 3. The van der Waals surface area contributed by atoms with Crippen molar-refractivity contribution in [1.82, 2.24) is 4.98 Å². The molecule has 2 saturated heterocycles. The molecule has 0 radical (unpaired) electrons. The van der Waals surface area contributed by atoms with Crippen LogP contribution >= 0.6 is 11.6 Å². The second kappa shape index (κ2) is 10.2. The molecule has 32 heavy (non-hydrogen) atoms. The van der Waals surface area contributed by atoms with Gasteiger partial charge in [0.15, 0.2) is 0 Å². The van der Waals surface area contributed by atoms with Crippen LogP contribution in [-0.2, 0) is 14.3 Å². The normalized spacial score (nSPS) is 16.8. The van der Waals surface area contributed by atoms with E-state index in [4.69, 9.17) is 16.3 Å². The number of aromatic nitrogens is 1. The molecule has 2 fully saturated rings. The van der Waals surface area contributed by atoms with Gasteiger partial charge in [0.1, 0.15) is 23.2 Å². The molecule has 1 spiro atoms. The zero-order valence-corrected chi connectivity index (χ0v) is 19.5. The summed E-state index contributed by atoms with van der Waals surface area (Å²) in [7, 11) is 0. The Labute approximate surface area is 192 Å². The van der Waals surface area contributed by atoms with Gasteiger partial charge >= 0.3 is 0 Å². The number of amides is 1. The molecule has 0 saturated carbocycles. The Hall–Kier alpha value is -2.12. The van der Waals surface area contributed by atoms with E-state index >= 15 is 0 Å². The van der Waals surface area contributed by atoms with Crippen LogP contribution in [0.5, 0.6) is 0 Å². The third-order valence-electron chi connectivity index (χ3n) is 5.92. The second-order valence-electron chi connectivity index (χ2n) is 8.82. The number of hydrogen-bond donors (Lipinski definition) is 0. The number of anilines is 1. The van der Waals surface area contributed by atoms with Crippen LogP contribution in [0.15, 0.2) is 12.1 Å². The molecule has 1 aromatic carbocycles. The van der Waals surface area contributed by atoms with Crippen molar-refractivity contribution in [3.63, 3.8) is 0 Å². The van der Waals surface area contributed by atoms with E-state index in [0.29, 0.717) is 43.3 Å². The van der Waals surface area contributed by atoms with Gasteiger partial charge in [-0.15, -0.1) is 0 Å². The molecule has 1 aromatic heterocycles. The van der Waals surface area contributed by atoms with Crippen molar-refractivity contribution in [1.29, 1.82) is 0 Å². The zero-order valence-electron chi connectivity index (χ0n) is 18.8. The van der Waals surface area contributed by atoms with Crippen molar-refractivity contribution in [3.8, 4) is 0 Å². The van der Waals surface area contributed by atoms with Gasteiger partial charge in [-0.2, -0.15) is 0 Å². The molecule has 0 atom stereocenters. The second-order valence-corrected chi connectivity index (χ2v) is 9.20. The minimum absolute atomic E-state index is 0.0719. The van der Waals surface area contributed by atoms with Gasteiger partial charge in [-0.1, -0.05) is 37.8 Å². The monoisotopic (exact) mass is 466 g/mol.